The highest BCUT2D eigenvalue weighted by molar-refractivity contribution is 5.17. The molecule has 16 heavy (non-hydrogen) atoms. The normalized spacial score (nSPS) is 13.0. The summed E-state index contributed by atoms with van der Waals surface area (Å²) in [7, 11) is 0. The molecule has 1 N–H and O–H groups in total. The summed E-state index contributed by atoms with van der Waals surface area (Å²) in [4.78, 5) is 0. The number of hydrogen-bond acceptors (Lipinski definition) is 2. The van der Waals surface area contributed by atoms with Crippen molar-refractivity contribution < 1.29 is 4.74 Å². The lowest BCUT2D eigenvalue weighted by Gasteiger charge is -2.14. The third-order valence-electron chi connectivity index (χ3n) is 2.45. The fourth-order valence-electron chi connectivity index (χ4n) is 1.53. The molecule has 0 radical (unpaired) electrons. The average Bonchev–Trinajstić information content (AvgIpc) is 2.29. The molecule has 0 amide bonds. The van der Waals surface area contributed by atoms with Gasteiger partial charge in [-0.3, -0.25) is 0 Å². The van der Waals surface area contributed by atoms with Crippen LogP contribution in [0.15, 0.2) is 30.3 Å². The van der Waals surface area contributed by atoms with Crippen LogP contribution < -0.4 is 5.32 Å². The van der Waals surface area contributed by atoms with E-state index in [0.29, 0.717) is 12.0 Å². The molecule has 2 heteroatoms. The zero-order valence-electron chi connectivity index (χ0n) is 10.6. The van der Waals surface area contributed by atoms with Gasteiger partial charge in [-0.2, -0.15) is 0 Å². The molecule has 0 aliphatic rings. The summed E-state index contributed by atoms with van der Waals surface area (Å²) >= 11 is 0. The summed E-state index contributed by atoms with van der Waals surface area (Å²) in [5.41, 5.74) is 1.33. The predicted octanol–water partition coefficient (Wildman–Crippen LogP) is 3.01. The molecule has 0 unspecified atom stereocenters. The Hall–Kier alpha value is -0.860. The van der Waals surface area contributed by atoms with E-state index in [-0.39, 0.29) is 0 Å². The van der Waals surface area contributed by atoms with Gasteiger partial charge in [0.2, 0.25) is 0 Å². The van der Waals surface area contributed by atoms with E-state index in [4.69, 9.17) is 4.74 Å². The number of nitrogens with one attached hydrogen (secondary N) is 1. The van der Waals surface area contributed by atoms with Crippen molar-refractivity contribution in [2.75, 3.05) is 19.8 Å². The van der Waals surface area contributed by atoms with Crippen LogP contribution in [-0.4, -0.2) is 19.8 Å². The third-order valence-corrected chi connectivity index (χ3v) is 2.45. The number of benzene rings is 1. The van der Waals surface area contributed by atoms with E-state index in [1.807, 2.05) is 6.07 Å². The molecule has 0 aromatic heterocycles. The lowest BCUT2D eigenvalue weighted by molar-refractivity contribution is 0.110. The average molecular weight is 221 g/mol. The molecule has 0 saturated heterocycles. The van der Waals surface area contributed by atoms with Gasteiger partial charge in [0.15, 0.2) is 0 Å². The van der Waals surface area contributed by atoms with Crippen LogP contribution in [0.4, 0.5) is 0 Å². The van der Waals surface area contributed by atoms with E-state index in [0.717, 1.165) is 19.8 Å². The Kier molecular flexibility index (Phi) is 6.12. The lowest BCUT2D eigenvalue weighted by atomic mass is 10.1. The summed E-state index contributed by atoms with van der Waals surface area (Å²) < 4.78 is 5.52. The molecule has 0 bridgehead atoms. The number of hydrogen-bond donors (Lipinski definition) is 1. The van der Waals surface area contributed by atoms with Crippen molar-refractivity contribution in [3.8, 4) is 0 Å². The number of rotatable bonds is 7. The standard InChI is InChI=1S/C14H23NO/c1-12(2)11-16-10-9-15-13(3)14-7-5-4-6-8-14/h4-8,12-13,15H,9-11H2,1-3H3/t13-/m0/s1. The fourth-order valence-corrected chi connectivity index (χ4v) is 1.53. The molecule has 0 saturated carbocycles. The summed E-state index contributed by atoms with van der Waals surface area (Å²) in [6.45, 7) is 9.05. The summed E-state index contributed by atoms with van der Waals surface area (Å²) in [5.74, 6) is 0.617. The Labute approximate surface area is 99.0 Å². The van der Waals surface area contributed by atoms with Crippen molar-refractivity contribution in [3.63, 3.8) is 0 Å². The maximum Gasteiger partial charge on any atom is 0.0591 e. The van der Waals surface area contributed by atoms with Crippen LogP contribution in [0.2, 0.25) is 0 Å². The van der Waals surface area contributed by atoms with Crippen molar-refractivity contribution in [2.24, 2.45) is 5.92 Å². The number of ether oxygens (including phenoxy) is 1. The third kappa shape index (κ3) is 5.29. The summed E-state index contributed by atoms with van der Waals surface area (Å²) in [6, 6.07) is 10.9. The van der Waals surface area contributed by atoms with Crippen LogP contribution in [-0.2, 0) is 4.74 Å². The maximum atomic E-state index is 5.52. The molecule has 1 aromatic carbocycles. The monoisotopic (exact) mass is 221 g/mol. The van der Waals surface area contributed by atoms with Gasteiger partial charge >= 0.3 is 0 Å². The zero-order chi connectivity index (χ0) is 11.8. The molecule has 0 spiro atoms. The van der Waals surface area contributed by atoms with Gasteiger partial charge in [0.25, 0.3) is 0 Å². The molecule has 0 heterocycles. The fraction of sp³-hybridized carbons (Fsp3) is 0.571. The Bertz CT molecular complexity index is 271. The minimum Gasteiger partial charge on any atom is -0.380 e. The topological polar surface area (TPSA) is 21.3 Å². The SMILES string of the molecule is CC(C)COCCN[C@@H](C)c1ccccc1. The van der Waals surface area contributed by atoms with Gasteiger partial charge in [-0.1, -0.05) is 44.2 Å². The van der Waals surface area contributed by atoms with Crippen molar-refractivity contribution in [1.82, 2.24) is 5.32 Å². The van der Waals surface area contributed by atoms with Crippen molar-refractivity contribution in [1.29, 1.82) is 0 Å². The molecular formula is C14H23NO. The van der Waals surface area contributed by atoms with Gasteiger partial charge in [0, 0.05) is 19.2 Å². The molecule has 0 fully saturated rings. The Morgan fingerprint density at radius 2 is 1.81 bits per heavy atom. The van der Waals surface area contributed by atoms with Crippen molar-refractivity contribution >= 4 is 0 Å². The first-order valence-electron chi connectivity index (χ1n) is 6.06. The van der Waals surface area contributed by atoms with Gasteiger partial charge in [0.05, 0.1) is 6.61 Å². The van der Waals surface area contributed by atoms with Crippen LogP contribution in [0.3, 0.4) is 0 Å². The second-order valence-corrected chi connectivity index (χ2v) is 4.56. The first-order chi connectivity index (χ1) is 7.70. The Morgan fingerprint density at radius 1 is 1.12 bits per heavy atom. The molecule has 1 atom stereocenters. The van der Waals surface area contributed by atoms with E-state index in [1.54, 1.807) is 0 Å². The highest BCUT2D eigenvalue weighted by atomic mass is 16.5. The minimum atomic E-state index is 0.392. The summed E-state index contributed by atoms with van der Waals surface area (Å²) in [6.07, 6.45) is 0. The van der Waals surface area contributed by atoms with E-state index < -0.39 is 0 Å². The molecular weight excluding hydrogens is 198 g/mol. The molecule has 1 aromatic rings. The molecule has 1 rings (SSSR count). The Balaban J connectivity index is 2.14. The van der Waals surface area contributed by atoms with Crippen LogP contribution in [0.5, 0.6) is 0 Å². The predicted molar refractivity (Wildman–Crippen MR) is 68.5 cm³/mol. The van der Waals surface area contributed by atoms with Crippen LogP contribution in [0.25, 0.3) is 0 Å². The first-order valence-corrected chi connectivity index (χ1v) is 6.06. The van der Waals surface area contributed by atoms with Gasteiger partial charge in [-0.05, 0) is 18.4 Å². The minimum absolute atomic E-state index is 0.392. The molecule has 2 nitrogen and oxygen atoms in total. The maximum absolute atomic E-state index is 5.52. The highest BCUT2D eigenvalue weighted by Crippen LogP contribution is 2.10. The van der Waals surface area contributed by atoms with E-state index >= 15 is 0 Å². The van der Waals surface area contributed by atoms with Gasteiger partial charge in [0.1, 0.15) is 0 Å². The van der Waals surface area contributed by atoms with E-state index in [1.165, 1.54) is 5.56 Å². The molecule has 90 valence electrons. The van der Waals surface area contributed by atoms with Crippen LogP contribution in [0, 0.1) is 5.92 Å². The van der Waals surface area contributed by atoms with Crippen LogP contribution >= 0.6 is 0 Å². The molecule has 0 aliphatic heterocycles. The van der Waals surface area contributed by atoms with Gasteiger partial charge < -0.3 is 10.1 Å². The van der Waals surface area contributed by atoms with Crippen molar-refractivity contribution in [3.05, 3.63) is 35.9 Å². The first kappa shape index (κ1) is 13.2. The molecule has 0 aliphatic carbocycles. The second-order valence-electron chi connectivity index (χ2n) is 4.56. The van der Waals surface area contributed by atoms with E-state index in [9.17, 15) is 0 Å². The van der Waals surface area contributed by atoms with Crippen molar-refractivity contribution in [2.45, 2.75) is 26.8 Å². The Morgan fingerprint density at radius 3 is 2.44 bits per heavy atom. The van der Waals surface area contributed by atoms with E-state index in [2.05, 4.69) is 50.4 Å². The zero-order valence-corrected chi connectivity index (χ0v) is 10.6. The largest absolute Gasteiger partial charge is 0.380 e. The van der Waals surface area contributed by atoms with Gasteiger partial charge in [-0.15, -0.1) is 0 Å². The quantitative estimate of drug-likeness (QED) is 0.715. The smallest absolute Gasteiger partial charge is 0.0591 e. The summed E-state index contributed by atoms with van der Waals surface area (Å²) in [5, 5.41) is 3.45. The van der Waals surface area contributed by atoms with Crippen LogP contribution in [0.1, 0.15) is 32.4 Å². The highest BCUT2D eigenvalue weighted by Gasteiger charge is 2.02. The van der Waals surface area contributed by atoms with Gasteiger partial charge in [-0.25, -0.2) is 0 Å². The second kappa shape index (κ2) is 7.42. The lowest BCUT2D eigenvalue weighted by Crippen LogP contribution is -2.23.